The summed E-state index contributed by atoms with van der Waals surface area (Å²) in [5.41, 5.74) is 0. The Balaban J connectivity index is 1.53. The van der Waals surface area contributed by atoms with Crippen molar-refractivity contribution in [1.29, 1.82) is 0 Å². The van der Waals surface area contributed by atoms with Gasteiger partial charge in [-0.2, -0.15) is 0 Å². The molecule has 1 heterocycles. The van der Waals surface area contributed by atoms with Gasteiger partial charge in [-0.25, -0.2) is 4.98 Å². The molecule has 1 aromatic heterocycles. The molecule has 2 atom stereocenters. The lowest BCUT2D eigenvalue weighted by Crippen LogP contribution is -2.27. The van der Waals surface area contributed by atoms with E-state index in [2.05, 4.69) is 10.3 Å². The van der Waals surface area contributed by atoms with Crippen molar-refractivity contribution in [2.24, 2.45) is 11.8 Å². The van der Waals surface area contributed by atoms with E-state index in [1.807, 2.05) is 10.8 Å². The summed E-state index contributed by atoms with van der Waals surface area (Å²) in [4.78, 5) is 26.1. The summed E-state index contributed by atoms with van der Waals surface area (Å²) in [5.74, 6) is -1.76. The van der Waals surface area contributed by atoms with Crippen LogP contribution in [-0.2, 0) is 16.1 Å². The van der Waals surface area contributed by atoms with Crippen LogP contribution in [0.4, 0.5) is 0 Å². The predicted molar refractivity (Wildman–Crippen MR) is 63.7 cm³/mol. The van der Waals surface area contributed by atoms with Crippen LogP contribution in [0.1, 0.15) is 19.3 Å². The van der Waals surface area contributed by atoms with E-state index < -0.39 is 11.9 Å². The molecule has 98 valence electrons. The maximum absolute atomic E-state index is 11.5. The number of aliphatic carboxylic acids is 1. The van der Waals surface area contributed by atoms with E-state index in [0.29, 0.717) is 13.0 Å². The predicted octanol–water partition coefficient (Wildman–Crippen LogP) is 0.500. The highest BCUT2D eigenvalue weighted by atomic mass is 16.4. The largest absolute Gasteiger partial charge is 0.481 e. The number of aromatic nitrogens is 2. The van der Waals surface area contributed by atoms with Gasteiger partial charge in [0, 0.05) is 25.5 Å². The molecule has 0 bridgehead atoms. The fourth-order valence-corrected chi connectivity index (χ4v) is 1.94. The number of carbonyl (C=O) groups excluding carboxylic acids is 1. The molecule has 1 saturated carbocycles. The maximum atomic E-state index is 11.5. The summed E-state index contributed by atoms with van der Waals surface area (Å²) in [6, 6.07) is 0. The number of nitrogens with zero attached hydrogens (tertiary/aromatic N) is 2. The molecule has 1 aliphatic rings. The number of amides is 1. The number of nitrogens with one attached hydrogen (secondary N) is 1. The second kappa shape index (κ2) is 5.66. The molecule has 2 N–H and O–H groups in total. The standard InChI is InChI=1S/C12H17N3O3/c16-11(9-7-10(9)12(17)18)14-3-1-2-5-15-6-4-13-8-15/h4,6,8-10H,1-3,5,7H2,(H,14,16)(H,17,18). The van der Waals surface area contributed by atoms with Crippen LogP contribution in [0.3, 0.4) is 0 Å². The maximum Gasteiger partial charge on any atom is 0.307 e. The molecule has 0 aromatic carbocycles. The first-order valence-electron chi connectivity index (χ1n) is 6.14. The van der Waals surface area contributed by atoms with Crippen LogP contribution in [0.15, 0.2) is 18.7 Å². The molecule has 6 heteroatoms. The van der Waals surface area contributed by atoms with Gasteiger partial charge in [-0.1, -0.05) is 0 Å². The Bertz CT molecular complexity index is 416. The van der Waals surface area contributed by atoms with Crippen molar-refractivity contribution in [3.8, 4) is 0 Å². The number of aryl methyl sites for hydroxylation is 1. The number of imidazole rings is 1. The van der Waals surface area contributed by atoms with Crippen LogP contribution in [0, 0.1) is 11.8 Å². The third kappa shape index (κ3) is 3.32. The average Bonchev–Trinajstić information content (AvgIpc) is 2.99. The van der Waals surface area contributed by atoms with Crippen molar-refractivity contribution in [2.45, 2.75) is 25.8 Å². The fourth-order valence-electron chi connectivity index (χ4n) is 1.94. The molecule has 2 unspecified atom stereocenters. The first-order valence-corrected chi connectivity index (χ1v) is 6.14. The molecular formula is C12H17N3O3. The molecule has 1 aromatic rings. The molecule has 1 fully saturated rings. The molecule has 0 radical (unpaired) electrons. The Morgan fingerprint density at radius 3 is 2.83 bits per heavy atom. The van der Waals surface area contributed by atoms with Gasteiger partial charge < -0.3 is 15.0 Å². The summed E-state index contributed by atoms with van der Waals surface area (Å²) in [6.45, 7) is 1.49. The Kier molecular flexibility index (Phi) is 3.96. The van der Waals surface area contributed by atoms with Gasteiger partial charge >= 0.3 is 5.97 Å². The van der Waals surface area contributed by atoms with E-state index in [1.54, 1.807) is 12.5 Å². The molecular weight excluding hydrogens is 234 g/mol. The molecule has 2 rings (SSSR count). The SMILES string of the molecule is O=C(O)C1CC1C(=O)NCCCCn1ccnc1. The lowest BCUT2D eigenvalue weighted by Gasteiger charge is -2.05. The van der Waals surface area contributed by atoms with Crippen molar-refractivity contribution in [2.75, 3.05) is 6.54 Å². The first kappa shape index (κ1) is 12.6. The molecule has 0 aliphatic heterocycles. The van der Waals surface area contributed by atoms with Crippen molar-refractivity contribution in [1.82, 2.24) is 14.9 Å². The average molecular weight is 251 g/mol. The van der Waals surface area contributed by atoms with Gasteiger partial charge in [0.25, 0.3) is 0 Å². The van der Waals surface area contributed by atoms with Crippen LogP contribution in [-0.4, -0.2) is 33.1 Å². The Hall–Kier alpha value is -1.85. The van der Waals surface area contributed by atoms with E-state index in [9.17, 15) is 9.59 Å². The number of carboxylic acids is 1. The highest BCUT2D eigenvalue weighted by molar-refractivity contribution is 5.89. The summed E-state index contributed by atoms with van der Waals surface area (Å²) < 4.78 is 1.99. The zero-order valence-electron chi connectivity index (χ0n) is 10.1. The minimum atomic E-state index is -0.866. The normalized spacial score (nSPS) is 21.6. The Morgan fingerprint density at radius 2 is 2.22 bits per heavy atom. The molecule has 0 spiro atoms. The summed E-state index contributed by atoms with van der Waals surface area (Å²) in [6.07, 6.45) is 7.73. The monoisotopic (exact) mass is 251 g/mol. The Labute approximate surface area is 105 Å². The van der Waals surface area contributed by atoms with Gasteiger partial charge in [-0.15, -0.1) is 0 Å². The highest BCUT2D eigenvalue weighted by Crippen LogP contribution is 2.38. The lowest BCUT2D eigenvalue weighted by molar-refractivity contribution is -0.140. The molecule has 6 nitrogen and oxygen atoms in total. The van der Waals surface area contributed by atoms with Gasteiger partial charge in [0.2, 0.25) is 5.91 Å². The van der Waals surface area contributed by atoms with E-state index in [1.165, 1.54) is 0 Å². The topological polar surface area (TPSA) is 84.2 Å². The van der Waals surface area contributed by atoms with Crippen LogP contribution >= 0.6 is 0 Å². The van der Waals surface area contributed by atoms with Crippen LogP contribution < -0.4 is 5.32 Å². The van der Waals surface area contributed by atoms with Crippen molar-refractivity contribution in [3.05, 3.63) is 18.7 Å². The second-order valence-electron chi connectivity index (χ2n) is 4.59. The number of hydrogen-bond donors (Lipinski definition) is 2. The molecule has 18 heavy (non-hydrogen) atoms. The van der Waals surface area contributed by atoms with Gasteiger partial charge in [-0.3, -0.25) is 9.59 Å². The minimum absolute atomic E-state index is 0.120. The van der Waals surface area contributed by atoms with E-state index >= 15 is 0 Å². The molecule has 1 aliphatic carbocycles. The highest BCUT2D eigenvalue weighted by Gasteiger charge is 2.48. The van der Waals surface area contributed by atoms with Crippen molar-refractivity contribution < 1.29 is 14.7 Å². The summed E-state index contributed by atoms with van der Waals surface area (Å²) in [7, 11) is 0. The van der Waals surface area contributed by atoms with Crippen LogP contribution in [0.5, 0.6) is 0 Å². The third-order valence-corrected chi connectivity index (χ3v) is 3.15. The van der Waals surface area contributed by atoms with Gasteiger partial charge in [0.05, 0.1) is 18.2 Å². The fraction of sp³-hybridized carbons (Fsp3) is 0.583. The van der Waals surface area contributed by atoms with Crippen molar-refractivity contribution >= 4 is 11.9 Å². The molecule has 0 saturated heterocycles. The lowest BCUT2D eigenvalue weighted by atomic mass is 10.2. The summed E-state index contributed by atoms with van der Waals surface area (Å²) in [5, 5.41) is 11.5. The number of rotatable bonds is 7. The van der Waals surface area contributed by atoms with Gasteiger partial charge in [0.15, 0.2) is 0 Å². The van der Waals surface area contributed by atoms with Crippen LogP contribution in [0.2, 0.25) is 0 Å². The first-order chi connectivity index (χ1) is 8.68. The third-order valence-electron chi connectivity index (χ3n) is 3.15. The number of carboxylic acid groups (broad SMARTS) is 1. The van der Waals surface area contributed by atoms with Crippen molar-refractivity contribution in [3.63, 3.8) is 0 Å². The number of unbranched alkanes of at least 4 members (excludes halogenated alkanes) is 1. The smallest absolute Gasteiger partial charge is 0.307 e. The quantitative estimate of drug-likeness (QED) is 0.691. The zero-order valence-corrected chi connectivity index (χ0v) is 10.1. The number of hydrogen-bond acceptors (Lipinski definition) is 3. The second-order valence-corrected chi connectivity index (χ2v) is 4.59. The summed E-state index contributed by atoms with van der Waals surface area (Å²) >= 11 is 0. The van der Waals surface area contributed by atoms with E-state index in [0.717, 1.165) is 19.4 Å². The van der Waals surface area contributed by atoms with E-state index in [-0.39, 0.29) is 11.8 Å². The van der Waals surface area contributed by atoms with Crippen LogP contribution in [0.25, 0.3) is 0 Å². The van der Waals surface area contributed by atoms with Gasteiger partial charge in [0.1, 0.15) is 0 Å². The minimum Gasteiger partial charge on any atom is -0.481 e. The number of carbonyl (C=O) groups is 2. The molecule has 1 amide bonds. The van der Waals surface area contributed by atoms with E-state index in [4.69, 9.17) is 5.11 Å². The van der Waals surface area contributed by atoms with Gasteiger partial charge in [-0.05, 0) is 19.3 Å². The zero-order chi connectivity index (χ0) is 13.0. The Morgan fingerprint density at radius 1 is 1.39 bits per heavy atom.